The number of hydrogen-bond donors (Lipinski definition) is 1. The second kappa shape index (κ2) is 4.33. The second-order valence-electron chi connectivity index (χ2n) is 2.75. The van der Waals surface area contributed by atoms with E-state index in [1.165, 1.54) is 0 Å². The summed E-state index contributed by atoms with van der Waals surface area (Å²) in [6, 6.07) is 5.81. The van der Waals surface area contributed by atoms with Gasteiger partial charge in [-0.25, -0.2) is 0 Å². The molecule has 1 atom stereocenters. The van der Waals surface area contributed by atoms with Crippen molar-refractivity contribution in [3.05, 3.63) is 42.1 Å². The van der Waals surface area contributed by atoms with Gasteiger partial charge in [-0.2, -0.15) is 0 Å². The van der Waals surface area contributed by atoms with Crippen LogP contribution in [-0.2, 0) is 0 Å². The summed E-state index contributed by atoms with van der Waals surface area (Å²) in [6.45, 7) is 0. The highest BCUT2D eigenvalue weighted by Gasteiger charge is 2.15. The van der Waals surface area contributed by atoms with Gasteiger partial charge in [0.15, 0.2) is 0 Å². The molecule has 0 aromatic carbocycles. The van der Waals surface area contributed by atoms with Crippen LogP contribution in [0, 0.1) is 0 Å². The minimum atomic E-state index is -0.0983. The Morgan fingerprint density at radius 2 is 2.14 bits per heavy atom. The maximum Gasteiger partial charge on any atom is 0.0755 e. The van der Waals surface area contributed by atoms with Gasteiger partial charge in [0.2, 0.25) is 0 Å². The third-order valence-corrected chi connectivity index (χ3v) is 4.98. The molecule has 0 spiro atoms. The third-order valence-electron chi connectivity index (χ3n) is 1.83. The van der Waals surface area contributed by atoms with Crippen LogP contribution in [0.2, 0.25) is 5.02 Å². The molecule has 2 aromatic heterocycles. The molecule has 0 bridgehead atoms. The quantitative estimate of drug-likeness (QED) is 0.880. The van der Waals surface area contributed by atoms with Crippen molar-refractivity contribution >= 4 is 50.2 Å². The van der Waals surface area contributed by atoms with Crippen LogP contribution in [0.3, 0.4) is 0 Å². The number of halogens is 2. The Morgan fingerprint density at radius 3 is 2.64 bits per heavy atom. The summed E-state index contributed by atoms with van der Waals surface area (Å²) in [5, 5.41) is 2.72. The van der Waals surface area contributed by atoms with E-state index in [4.69, 9.17) is 17.3 Å². The SMILES string of the molecule is NC(c1ccc(Br)s1)c1sccc1Cl. The minimum absolute atomic E-state index is 0.0983. The first kappa shape index (κ1) is 10.6. The second-order valence-corrected chi connectivity index (χ2v) is 6.60. The van der Waals surface area contributed by atoms with E-state index in [0.29, 0.717) is 0 Å². The smallest absolute Gasteiger partial charge is 0.0755 e. The van der Waals surface area contributed by atoms with Crippen molar-refractivity contribution in [3.63, 3.8) is 0 Å². The predicted octanol–water partition coefficient (Wildman–Crippen LogP) is 4.27. The summed E-state index contributed by atoms with van der Waals surface area (Å²) in [7, 11) is 0. The molecule has 74 valence electrons. The predicted molar refractivity (Wildman–Crippen MR) is 67.4 cm³/mol. The molecule has 0 aliphatic carbocycles. The van der Waals surface area contributed by atoms with Gasteiger partial charge >= 0.3 is 0 Å². The Balaban J connectivity index is 2.33. The molecule has 1 unspecified atom stereocenters. The molecule has 0 aliphatic heterocycles. The summed E-state index contributed by atoms with van der Waals surface area (Å²) in [6.07, 6.45) is 0. The van der Waals surface area contributed by atoms with Crippen molar-refractivity contribution in [1.82, 2.24) is 0 Å². The topological polar surface area (TPSA) is 26.0 Å². The molecule has 0 radical (unpaired) electrons. The molecular weight excluding hydrogens is 302 g/mol. The van der Waals surface area contributed by atoms with E-state index in [0.717, 1.165) is 18.6 Å². The van der Waals surface area contributed by atoms with Crippen LogP contribution in [0.4, 0.5) is 0 Å². The maximum absolute atomic E-state index is 6.09. The Morgan fingerprint density at radius 1 is 1.36 bits per heavy atom. The first-order chi connectivity index (χ1) is 6.68. The first-order valence-corrected chi connectivity index (χ1v) is 6.79. The lowest BCUT2D eigenvalue weighted by Crippen LogP contribution is -2.08. The maximum atomic E-state index is 6.09. The molecule has 2 rings (SSSR count). The molecule has 0 saturated carbocycles. The van der Waals surface area contributed by atoms with E-state index in [1.807, 2.05) is 23.6 Å². The molecule has 5 heteroatoms. The van der Waals surface area contributed by atoms with Gasteiger partial charge in [-0.15, -0.1) is 22.7 Å². The van der Waals surface area contributed by atoms with E-state index < -0.39 is 0 Å². The Kier molecular flexibility index (Phi) is 3.29. The van der Waals surface area contributed by atoms with Crippen LogP contribution in [0.25, 0.3) is 0 Å². The van der Waals surface area contributed by atoms with Crippen molar-refractivity contribution in [2.24, 2.45) is 5.73 Å². The lowest BCUT2D eigenvalue weighted by molar-refractivity contribution is 0.918. The van der Waals surface area contributed by atoms with Gasteiger partial charge < -0.3 is 5.73 Å². The summed E-state index contributed by atoms with van der Waals surface area (Å²) in [5.41, 5.74) is 6.09. The number of hydrogen-bond acceptors (Lipinski definition) is 3. The molecule has 14 heavy (non-hydrogen) atoms. The van der Waals surface area contributed by atoms with Crippen molar-refractivity contribution < 1.29 is 0 Å². The minimum Gasteiger partial charge on any atom is -0.319 e. The number of nitrogens with two attached hydrogens (primary N) is 1. The van der Waals surface area contributed by atoms with Crippen LogP contribution in [0.1, 0.15) is 15.8 Å². The average molecular weight is 309 g/mol. The van der Waals surface area contributed by atoms with Crippen molar-refractivity contribution in [3.8, 4) is 0 Å². The van der Waals surface area contributed by atoms with Crippen molar-refractivity contribution in [1.29, 1.82) is 0 Å². The molecular formula is C9H7BrClNS2. The van der Waals surface area contributed by atoms with Crippen LogP contribution < -0.4 is 5.73 Å². The lowest BCUT2D eigenvalue weighted by atomic mass is 10.2. The highest BCUT2D eigenvalue weighted by Crippen LogP contribution is 2.35. The van der Waals surface area contributed by atoms with Crippen LogP contribution in [0.5, 0.6) is 0 Å². The van der Waals surface area contributed by atoms with Gasteiger partial charge in [0.1, 0.15) is 0 Å². The summed E-state index contributed by atoms with van der Waals surface area (Å²) >= 11 is 12.7. The largest absolute Gasteiger partial charge is 0.319 e. The van der Waals surface area contributed by atoms with Gasteiger partial charge in [0, 0.05) is 9.75 Å². The zero-order chi connectivity index (χ0) is 10.1. The molecule has 2 heterocycles. The van der Waals surface area contributed by atoms with E-state index >= 15 is 0 Å². The molecule has 2 aromatic rings. The zero-order valence-electron chi connectivity index (χ0n) is 7.04. The van der Waals surface area contributed by atoms with Gasteiger partial charge in [0.05, 0.1) is 14.9 Å². The van der Waals surface area contributed by atoms with Gasteiger partial charge in [0.25, 0.3) is 0 Å². The normalized spacial score (nSPS) is 13.1. The first-order valence-electron chi connectivity index (χ1n) is 3.92. The van der Waals surface area contributed by atoms with Gasteiger partial charge in [-0.1, -0.05) is 11.6 Å². The van der Waals surface area contributed by atoms with Crippen molar-refractivity contribution in [2.45, 2.75) is 6.04 Å². The molecule has 0 fully saturated rings. The third kappa shape index (κ3) is 2.04. The van der Waals surface area contributed by atoms with Crippen molar-refractivity contribution in [2.75, 3.05) is 0 Å². The lowest BCUT2D eigenvalue weighted by Gasteiger charge is -2.07. The molecule has 2 N–H and O–H groups in total. The van der Waals surface area contributed by atoms with E-state index in [-0.39, 0.29) is 6.04 Å². The monoisotopic (exact) mass is 307 g/mol. The molecule has 0 amide bonds. The van der Waals surface area contributed by atoms with Gasteiger partial charge in [-0.05, 0) is 39.5 Å². The van der Waals surface area contributed by atoms with E-state index in [2.05, 4.69) is 15.9 Å². The standard InChI is InChI=1S/C9H7BrClNS2/c10-7-2-1-6(14-7)8(12)9-5(11)3-4-13-9/h1-4,8H,12H2. The highest BCUT2D eigenvalue weighted by molar-refractivity contribution is 9.11. The Labute approximate surface area is 104 Å². The fraction of sp³-hybridized carbons (Fsp3) is 0.111. The number of rotatable bonds is 2. The summed E-state index contributed by atoms with van der Waals surface area (Å²) < 4.78 is 1.09. The van der Waals surface area contributed by atoms with E-state index in [9.17, 15) is 0 Å². The fourth-order valence-corrected chi connectivity index (χ4v) is 3.86. The number of thiophene rings is 2. The Bertz CT molecular complexity index is 437. The summed E-state index contributed by atoms with van der Waals surface area (Å²) in [4.78, 5) is 2.15. The molecule has 0 aliphatic rings. The van der Waals surface area contributed by atoms with Crippen LogP contribution in [-0.4, -0.2) is 0 Å². The van der Waals surface area contributed by atoms with Crippen LogP contribution in [0.15, 0.2) is 27.4 Å². The average Bonchev–Trinajstić information content (AvgIpc) is 2.73. The highest BCUT2D eigenvalue weighted by atomic mass is 79.9. The molecule has 0 saturated heterocycles. The zero-order valence-corrected chi connectivity index (χ0v) is 11.0. The van der Waals surface area contributed by atoms with Gasteiger partial charge in [-0.3, -0.25) is 0 Å². The van der Waals surface area contributed by atoms with Crippen LogP contribution >= 0.6 is 50.2 Å². The fourth-order valence-electron chi connectivity index (χ4n) is 1.15. The van der Waals surface area contributed by atoms with E-state index in [1.54, 1.807) is 22.7 Å². The molecule has 1 nitrogen and oxygen atoms in total. The summed E-state index contributed by atoms with van der Waals surface area (Å²) in [5.74, 6) is 0. The Hall–Kier alpha value is 0.130.